The van der Waals surface area contributed by atoms with Gasteiger partial charge in [0.25, 0.3) is 0 Å². The van der Waals surface area contributed by atoms with Crippen LogP contribution in [0.1, 0.15) is 17.2 Å². The monoisotopic (exact) mass is 301 g/mol. The largest absolute Gasteiger partial charge is 0.354 e. The van der Waals surface area contributed by atoms with Gasteiger partial charge >= 0.3 is 0 Å². The molecule has 0 unspecified atom stereocenters. The molecule has 0 spiro atoms. The highest BCUT2D eigenvalue weighted by atomic mass is 35.5. The molecule has 3 rings (SSSR count). The average molecular weight is 302 g/mol. The lowest BCUT2D eigenvalue weighted by atomic mass is 9.99. The Morgan fingerprint density at radius 2 is 1.48 bits per heavy atom. The number of nitrogens with one attached hydrogen (secondary N) is 1. The Kier molecular flexibility index (Phi) is 5.23. The van der Waals surface area contributed by atoms with Crippen molar-refractivity contribution in [1.82, 2.24) is 10.2 Å². The number of halogens is 1. The molecule has 21 heavy (non-hydrogen) atoms. The Balaban J connectivity index is 0.00000161. The maximum atomic E-state index is 4.93. The molecule has 0 radical (unpaired) electrons. The van der Waals surface area contributed by atoms with Gasteiger partial charge in [-0.15, -0.1) is 12.4 Å². The van der Waals surface area contributed by atoms with Crippen LogP contribution < -0.4 is 5.32 Å². The van der Waals surface area contributed by atoms with E-state index in [9.17, 15) is 0 Å². The van der Waals surface area contributed by atoms with Gasteiger partial charge in [-0.05, 0) is 11.1 Å². The molecule has 1 aliphatic heterocycles. The van der Waals surface area contributed by atoms with E-state index in [1.807, 2.05) is 12.1 Å². The van der Waals surface area contributed by atoms with Crippen molar-refractivity contribution in [2.45, 2.75) is 6.04 Å². The molecule has 1 fully saturated rings. The first-order chi connectivity index (χ1) is 9.84. The van der Waals surface area contributed by atoms with Crippen LogP contribution in [0.2, 0.25) is 0 Å². The van der Waals surface area contributed by atoms with E-state index in [0.29, 0.717) is 0 Å². The zero-order chi connectivity index (χ0) is 13.8. The van der Waals surface area contributed by atoms with Crippen LogP contribution in [0.15, 0.2) is 65.7 Å². The molecule has 1 N–H and O–H groups in total. The van der Waals surface area contributed by atoms with E-state index in [1.165, 1.54) is 11.1 Å². The summed E-state index contributed by atoms with van der Waals surface area (Å²) >= 11 is 0. The Labute approximate surface area is 132 Å². The highest BCUT2D eigenvalue weighted by molar-refractivity contribution is 5.85. The van der Waals surface area contributed by atoms with Gasteiger partial charge in [-0.3, -0.25) is 0 Å². The second kappa shape index (κ2) is 7.14. The summed E-state index contributed by atoms with van der Waals surface area (Å²) in [5.41, 5.74) is 2.43. The molecule has 0 bridgehead atoms. The predicted octanol–water partition coefficient (Wildman–Crippen LogP) is 3.09. The van der Waals surface area contributed by atoms with Crippen LogP contribution in [0.4, 0.5) is 0 Å². The number of nitrogens with zero attached hydrogens (tertiary/aromatic N) is 2. The number of guanidine groups is 1. The molecule has 0 amide bonds. The van der Waals surface area contributed by atoms with E-state index >= 15 is 0 Å². The summed E-state index contributed by atoms with van der Waals surface area (Å²) in [6.45, 7) is 1.97. The summed E-state index contributed by atoms with van der Waals surface area (Å²) < 4.78 is 0. The van der Waals surface area contributed by atoms with Crippen LogP contribution >= 0.6 is 12.4 Å². The highest BCUT2D eigenvalue weighted by Crippen LogP contribution is 2.26. The number of hydrogen-bond donors (Lipinski definition) is 1. The normalized spacial score (nSPS) is 15.9. The first-order valence-corrected chi connectivity index (χ1v) is 6.97. The number of hydrogen-bond acceptors (Lipinski definition) is 1. The molecule has 2 aromatic rings. The van der Waals surface area contributed by atoms with E-state index < -0.39 is 0 Å². The number of likely N-dealkylation sites (N-methyl/N-ethyl adjacent to an activating group) is 1. The SMILES string of the molecule is CN1CCNC1=NC(c1ccccc1)c1ccccc1.Cl. The van der Waals surface area contributed by atoms with Gasteiger partial charge in [0, 0.05) is 20.1 Å². The Bertz CT molecular complexity index is 544. The average Bonchev–Trinajstić information content (AvgIpc) is 2.92. The smallest absolute Gasteiger partial charge is 0.194 e. The minimum absolute atomic E-state index is 0. The van der Waals surface area contributed by atoms with Crippen LogP contribution in [0.25, 0.3) is 0 Å². The van der Waals surface area contributed by atoms with Gasteiger partial charge in [0.05, 0.1) is 0 Å². The molecule has 3 nitrogen and oxygen atoms in total. The Morgan fingerprint density at radius 1 is 0.952 bits per heavy atom. The molecule has 0 saturated carbocycles. The van der Waals surface area contributed by atoms with Crippen LogP contribution in [0.3, 0.4) is 0 Å². The van der Waals surface area contributed by atoms with Crippen molar-refractivity contribution >= 4 is 18.4 Å². The van der Waals surface area contributed by atoms with Gasteiger partial charge in [-0.25, -0.2) is 4.99 Å². The topological polar surface area (TPSA) is 27.6 Å². The first kappa shape index (κ1) is 15.4. The molecule has 2 aromatic carbocycles. The van der Waals surface area contributed by atoms with Crippen molar-refractivity contribution < 1.29 is 0 Å². The number of aliphatic imine (C=N–C) groups is 1. The van der Waals surface area contributed by atoms with E-state index in [-0.39, 0.29) is 18.4 Å². The fourth-order valence-corrected chi connectivity index (χ4v) is 2.45. The summed E-state index contributed by atoms with van der Waals surface area (Å²) in [6, 6.07) is 20.9. The van der Waals surface area contributed by atoms with Crippen LogP contribution in [-0.4, -0.2) is 31.0 Å². The number of rotatable bonds is 3. The second-order valence-electron chi connectivity index (χ2n) is 5.02. The van der Waals surface area contributed by atoms with E-state index in [2.05, 4.69) is 65.8 Å². The van der Waals surface area contributed by atoms with E-state index in [1.54, 1.807) is 0 Å². The van der Waals surface area contributed by atoms with Crippen molar-refractivity contribution in [3.05, 3.63) is 71.8 Å². The van der Waals surface area contributed by atoms with E-state index in [0.717, 1.165) is 19.0 Å². The molecule has 0 atom stereocenters. The molecular formula is C17H20ClN3. The first-order valence-electron chi connectivity index (χ1n) is 6.97. The Morgan fingerprint density at radius 3 is 1.90 bits per heavy atom. The lowest BCUT2D eigenvalue weighted by molar-refractivity contribution is 0.558. The molecule has 1 heterocycles. The minimum Gasteiger partial charge on any atom is -0.354 e. The summed E-state index contributed by atoms with van der Waals surface area (Å²) in [5, 5.41) is 3.35. The van der Waals surface area contributed by atoms with E-state index in [4.69, 9.17) is 4.99 Å². The van der Waals surface area contributed by atoms with Gasteiger partial charge in [-0.1, -0.05) is 60.7 Å². The highest BCUT2D eigenvalue weighted by Gasteiger charge is 2.18. The van der Waals surface area contributed by atoms with Gasteiger partial charge in [0.2, 0.25) is 0 Å². The van der Waals surface area contributed by atoms with Crippen molar-refractivity contribution in [2.24, 2.45) is 4.99 Å². The Hall–Kier alpha value is -2.00. The van der Waals surface area contributed by atoms with Gasteiger partial charge in [0.1, 0.15) is 6.04 Å². The standard InChI is InChI=1S/C17H19N3.ClH/c1-20-13-12-18-17(20)19-16(14-8-4-2-5-9-14)15-10-6-3-7-11-15;/h2-11,16H,12-13H2,1H3,(H,18,19);1H. The minimum atomic E-state index is 0. The summed E-state index contributed by atoms with van der Waals surface area (Å²) in [6.07, 6.45) is 0. The second-order valence-corrected chi connectivity index (χ2v) is 5.02. The van der Waals surface area contributed by atoms with Crippen molar-refractivity contribution in [1.29, 1.82) is 0 Å². The van der Waals surface area contributed by atoms with Crippen molar-refractivity contribution in [3.8, 4) is 0 Å². The zero-order valence-electron chi connectivity index (χ0n) is 12.1. The summed E-state index contributed by atoms with van der Waals surface area (Å²) in [4.78, 5) is 7.09. The van der Waals surface area contributed by atoms with Crippen molar-refractivity contribution in [3.63, 3.8) is 0 Å². The molecule has 0 aromatic heterocycles. The quantitative estimate of drug-likeness (QED) is 0.943. The van der Waals surface area contributed by atoms with Crippen molar-refractivity contribution in [2.75, 3.05) is 20.1 Å². The van der Waals surface area contributed by atoms with Crippen LogP contribution in [0.5, 0.6) is 0 Å². The van der Waals surface area contributed by atoms with Gasteiger partial charge in [-0.2, -0.15) is 0 Å². The maximum absolute atomic E-state index is 4.93. The third-order valence-electron chi connectivity index (χ3n) is 3.57. The molecule has 1 saturated heterocycles. The molecular weight excluding hydrogens is 282 g/mol. The van der Waals surface area contributed by atoms with Gasteiger partial charge in [0.15, 0.2) is 5.96 Å². The predicted molar refractivity (Wildman–Crippen MR) is 90.0 cm³/mol. The van der Waals surface area contributed by atoms with Crippen LogP contribution in [0, 0.1) is 0 Å². The zero-order valence-corrected chi connectivity index (χ0v) is 12.9. The third-order valence-corrected chi connectivity index (χ3v) is 3.57. The fourth-order valence-electron chi connectivity index (χ4n) is 2.45. The molecule has 110 valence electrons. The van der Waals surface area contributed by atoms with Crippen LogP contribution in [-0.2, 0) is 0 Å². The molecule has 1 aliphatic rings. The van der Waals surface area contributed by atoms with Gasteiger partial charge < -0.3 is 10.2 Å². The maximum Gasteiger partial charge on any atom is 0.194 e. The third kappa shape index (κ3) is 3.56. The summed E-state index contributed by atoms with van der Waals surface area (Å²) in [7, 11) is 2.08. The lowest BCUT2D eigenvalue weighted by Gasteiger charge is -2.17. The molecule has 0 aliphatic carbocycles. The summed E-state index contributed by atoms with van der Waals surface area (Å²) in [5.74, 6) is 0.975. The number of benzene rings is 2. The fraction of sp³-hybridized carbons (Fsp3) is 0.235. The molecule has 4 heteroatoms. The lowest BCUT2D eigenvalue weighted by Crippen LogP contribution is -2.27.